The molecule has 0 radical (unpaired) electrons. The van der Waals surface area contributed by atoms with Gasteiger partial charge in [0.25, 0.3) is 0 Å². The maximum absolute atomic E-state index is 12.7. The second-order valence-electron chi connectivity index (χ2n) is 9.55. The number of aromatic nitrogens is 4. The molecule has 0 aliphatic carbocycles. The Morgan fingerprint density at radius 3 is 2.97 bits per heavy atom. The number of aromatic amines is 1. The summed E-state index contributed by atoms with van der Waals surface area (Å²) in [5.41, 5.74) is 2.47. The van der Waals surface area contributed by atoms with Crippen LogP contribution in [0.2, 0.25) is 0 Å². The molecular weight excluding hydrogens is 494 g/mol. The molecule has 2 amide bonds. The van der Waals surface area contributed by atoms with E-state index in [2.05, 4.69) is 48.0 Å². The number of nitrogens with one attached hydrogen (secondary N) is 4. The third-order valence-electron chi connectivity index (χ3n) is 6.29. The number of hydrogen-bond acceptors (Lipinski definition) is 8. The fourth-order valence-electron chi connectivity index (χ4n) is 4.30. The number of likely N-dealkylation sites (tertiary alicyclic amines) is 1. The Morgan fingerprint density at radius 1 is 1.28 bits per heavy atom. The van der Waals surface area contributed by atoms with Gasteiger partial charge in [-0.05, 0) is 51.6 Å². The molecule has 1 aliphatic heterocycles. The number of nitrogens with zero attached hydrogens (tertiary/aromatic N) is 5. The average molecular weight is 530 g/mol. The van der Waals surface area contributed by atoms with Gasteiger partial charge < -0.3 is 25.8 Å². The number of amides is 2. The minimum atomic E-state index is -0.406. The van der Waals surface area contributed by atoms with Crippen LogP contribution in [-0.2, 0) is 9.59 Å². The van der Waals surface area contributed by atoms with Crippen molar-refractivity contribution in [1.29, 1.82) is 0 Å². The number of fused-ring (bicyclic) bond motifs is 1. The zero-order valence-electron chi connectivity index (χ0n) is 22.6. The predicted molar refractivity (Wildman–Crippen MR) is 153 cm³/mol. The van der Waals surface area contributed by atoms with Gasteiger partial charge in [-0.25, -0.2) is 4.98 Å². The van der Waals surface area contributed by atoms with Crippen molar-refractivity contribution in [2.24, 2.45) is 0 Å². The van der Waals surface area contributed by atoms with Gasteiger partial charge in [-0.2, -0.15) is 10.1 Å². The monoisotopic (exact) mass is 529 g/mol. The lowest BCUT2D eigenvalue weighted by Gasteiger charge is -2.22. The zero-order chi connectivity index (χ0) is 27.6. The first-order chi connectivity index (χ1) is 18.9. The minimum Gasteiger partial charge on any atom is -0.372 e. The average Bonchev–Trinajstić information content (AvgIpc) is 3.60. The van der Waals surface area contributed by atoms with E-state index in [1.54, 1.807) is 30.4 Å². The topological polar surface area (TPSA) is 131 Å². The molecule has 1 atom stereocenters. The summed E-state index contributed by atoms with van der Waals surface area (Å²) in [4.78, 5) is 37.7. The summed E-state index contributed by atoms with van der Waals surface area (Å²) in [6.07, 6.45) is 9.67. The number of carbonyl (C=O) groups excluding carboxylic acids is 2. The highest BCUT2D eigenvalue weighted by molar-refractivity contribution is 5.93. The first-order valence-electron chi connectivity index (χ1n) is 13.1. The molecule has 1 aliphatic rings. The van der Waals surface area contributed by atoms with Crippen LogP contribution in [0.3, 0.4) is 0 Å². The molecule has 204 valence electrons. The predicted octanol–water partition coefficient (Wildman–Crippen LogP) is 2.49. The zero-order valence-corrected chi connectivity index (χ0v) is 22.6. The largest absolute Gasteiger partial charge is 0.372 e. The molecule has 39 heavy (non-hydrogen) atoms. The van der Waals surface area contributed by atoms with Gasteiger partial charge in [-0.15, -0.1) is 0 Å². The van der Waals surface area contributed by atoms with Crippen LogP contribution < -0.4 is 16.0 Å². The van der Waals surface area contributed by atoms with Gasteiger partial charge in [0.1, 0.15) is 11.9 Å². The molecule has 4 N–H and O–H groups in total. The van der Waals surface area contributed by atoms with Crippen LogP contribution in [0.5, 0.6) is 0 Å². The number of benzene rings is 1. The smallest absolute Gasteiger partial charge is 0.246 e. The van der Waals surface area contributed by atoms with Crippen LogP contribution in [0.15, 0.2) is 42.7 Å². The molecule has 11 nitrogen and oxygen atoms in total. The number of unbranched alkanes of at least 4 members (excludes halogenated alkanes) is 1. The van der Waals surface area contributed by atoms with Gasteiger partial charge in [-0.3, -0.25) is 14.7 Å². The lowest BCUT2D eigenvalue weighted by molar-refractivity contribution is -0.135. The molecule has 4 rings (SSSR count). The van der Waals surface area contributed by atoms with Gasteiger partial charge in [0.15, 0.2) is 0 Å². The van der Waals surface area contributed by atoms with Crippen LogP contribution in [0.4, 0.5) is 17.5 Å². The van der Waals surface area contributed by atoms with E-state index in [1.807, 2.05) is 43.3 Å². The first kappa shape index (κ1) is 27.6. The van der Waals surface area contributed by atoms with Crippen LogP contribution in [0, 0.1) is 11.8 Å². The molecule has 0 bridgehead atoms. The second kappa shape index (κ2) is 13.4. The first-order valence-corrected chi connectivity index (χ1v) is 13.1. The Morgan fingerprint density at radius 2 is 2.15 bits per heavy atom. The quantitative estimate of drug-likeness (QED) is 0.179. The molecule has 0 saturated carbocycles. The van der Waals surface area contributed by atoms with Crippen molar-refractivity contribution < 1.29 is 9.59 Å². The SMILES string of the molecule is CNc1nc(Nc2ccc3cn[nH]c3c2)ncc1C#CCCCNC(=O)[C@@H]1CCCN1C(=O)C=CCN(C)C. The number of anilines is 3. The van der Waals surface area contributed by atoms with Crippen LogP contribution >= 0.6 is 0 Å². The van der Waals surface area contributed by atoms with Crippen molar-refractivity contribution in [3.05, 3.63) is 48.3 Å². The molecule has 1 fully saturated rings. The molecule has 2 aromatic heterocycles. The Bertz CT molecular complexity index is 1390. The third-order valence-corrected chi connectivity index (χ3v) is 6.29. The van der Waals surface area contributed by atoms with Gasteiger partial charge in [0, 0.05) is 50.3 Å². The maximum atomic E-state index is 12.7. The van der Waals surface area contributed by atoms with Crippen LogP contribution in [0.1, 0.15) is 31.2 Å². The second-order valence-corrected chi connectivity index (χ2v) is 9.55. The Hall–Kier alpha value is -4.43. The summed E-state index contributed by atoms with van der Waals surface area (Å²) < 4.78 is 0. The Balaban J connectivity index is 1.24. The molecule has 0 unspecified atom stereocenters. The molecule has 1 saturated heterocycles. The van der Waals surface area contributed by atoms with E-state index in [9.17, 15) is 9.59 Å². The van der Waals surface area contributed by atoms with E-state index in [-0.39, 0.29) is 11.8 Å². The van der Waals surface area contributed by atoms with Gasteiger partial charge >= 0.3 is 0 Å². The van der Waals surface area contributed by atoms with Gasteiger partial charge in [-0.1, -0.05) is 17.9 Å². The highest BCUT2D eigenvalue weighted by Gasteiger charge is 2.32. The van der Waals surface area contributed by atoms with Crippen molar-refractivity contribution in [2.45, 2.75) is 31.7 Å². The lowest BCUT2D eigenvalue weighted by Crippen LogP contribution is -2.45. The van der Waals surface area contributed by atoms with E-state index in [0.29, 0.717) is 56.2 Å². The molecule has 1 aromatic carbocycles. The van der Waals surface area contributed by atoms with Gasteiger partial charge in [0.05, 0.1) is 23.5 Å². The molecule has 3 aromatic rings. The molecule has 3 heterocycles. The van der Waals surface area contributed by atoms with E-state index in [4.69, 9.17) is 0 Å². The summed E-state index contributed by atoms with van der Waals surface area (Å²) in [7, 11) is 5.67. The highest BCUT2D eigenvalue weighted by Crippen LogP contribution is 2.21. The third kappa shape index (κ3) is 7.55. The standard InChI is InChI=1S/C28H35N9O2/c1-29-26-21(18-31-28(34-26)33-22-13-12-20-19-32-35-23(20)17-22)9-5-4-6-14-30-27(39)24-10-7-16-37(24)25(38)11-8-15-36(2)3/h8,11-13,17-19,24H,4,6-7,10,14-16H2,1-3H3,(H,30,39)(H,32,35)(H2,29,31,33,34)/t24-/m0/s1. The summed E-state index contributed by atoms with van der Waals surface area (Å²) in [5, 5.41) is 17.2. The number of likely N-dealkylation sites (N-methyl/N-ethyl adjacent to an activating group) is 1. The van der Waals surface area contributed by atoms with Crippen LogP contribution in [0.25, 0.3) is 10.9 Å². The summed E-state index contributed by atoms with van der Waals surface area (Å²) >= 11 is 0. The van der Waals surface area contributed by atoms with Crippen molar-refractivity contribution in [3.8, 4) is 11.8 Å². The Labute approximate surface area is 228 Å². The van der Waals surface area contributed by atoms with Crippen molar-refractivity contribution in [1.82, 2.24) is 35.3 Å². The normalized spacial score (nSPS) is 15.0. The number of rotatable bonds is 10. The van der Waals surface area contributed by atoms with E-state index in [0.717, 1.165) is 23.0 Å². The lowest BCUT2D eigenvalue weighted by atomic mass is 10.2. The number of hydrogen-bond donors (Lipinski definition) is 4. The van der Waals surface area contributed by atoms with Crippen molar-refractivity contribution >= 4 is 40.2 Å². The van der Waals surface area contributed by atoms with Gasteiger partial charge in [0.2, 0.25) is 17.8 Å². The number of H-pyrrole nitrogens is 1. The van der Waals surface area contributed by atoms with E-state index in [1.165, 1.54) is 0 Å². The number of carbonyl (C=O) groups is 2. The van der Waals surface area contributed by atoms with Crippen molar-refractivity contribution in [2.75, 3.05) is 51.4 Å². The summed E-state index contributed by atoms with van der Waals surface area (Å²) in [5.74, 6) is 7.12. The minimum absolute atomic E-state index is 0.101. The van der Waals surface area contributed by atoms with Crippen LogP contribution in [-0.4, -0.2) is 88.6 Å². The van der Waals surface area contributed by atoms with E-state index >= 15 is 0 Å². The van der Waals surface area contributed by atoms with E-state index < -0.39 is 6.04 Å². The fraction of sp³-hybridized carbons (Fsp3) is 0.393. The molecule has 0 spiro atoms. The summed E-state index contributed by atoms with van der Waals surface area (Å²) in [6, 6.07) is 5.45. The van der Waals surface area contributed by atoms with Crippen molar-refractivity contribution in [3.63, 3.8) is 0 Å². The molecular formula is C28H35N9O2. The maximum Gasteiger partial charge on any atom is 0.246 e. The fourth-order valence-corrected chi connectivity index (χ4v) is 4.30. The highest BCUT2D eigenvalue weighted by atomic mass is 16.2. The Kier molecular flexibility index (Phi) is 9.48. The molecule has 11 heteroatoms. The summed E-state index contributed by atoms with van der Waals surface area (Å²) in [6.45, 7) is 1.80.